The molecule has 0 spiro atoms. The van der Waals surface area contributed by atoms with Crippen LogP contribution >= 0.6 is 0 Å². The topological polar surface area (TPSA) is 76.3 Å². The van der Waals surface area contributed by atoms with E-state index in [0.717, 1.165) is 31.4 Å². The Balaban J connectivity index is 1.75. The first-order valence-corrected chi connectivity index (χ1v) is 10.5. The SMILES string of the molecule is Cn1nc(C(=O)NN=C2CCCCCCCCCCC2)c2ccccc2c1=O. The third kappa shape index (κ3) is 5.27. The van der Waals surface area contributed by atoms with Gasteiger partial charge in [0.15, 0.2) is 5.69 Å². The van der Waals surface area contributed by atoms with E-state index in [1.54, 1.807) is 31.3 Å². The highest BCUT2D eigenvalue weighted by Crippen LogP contribution is 2.16. The minimum Gasteiger partial charge on any atom is -0.267 e. The van der Waals surface area contributed by atoms with Gasteiger partial charge in [-0.2, -0.15) is 10.2 Å². The van der Waals surface area contributed by atoms with Gasteiger partial charge in [-0.15, -0.1) is 0 Å². The average molecular weight is 383 g/mol. The number of nitrogens with one attached hydrogen (secondary N) is 1. The van der Waals surface area contributed by atoms with E-state index in [1.807, 2.05) is 0 Å². The number of hydrazone groups is 1. The van der Waals surface area contributed by atoms with Crippen LogP contribution in [0.3, 0.4) is 0 Å². The van der Waals surface area contributed by atoms with E-state index in [0.29, 0.717) is 10.8 Å². The number of fused-ring (bicyclic) bond motifs is 1. The molecule has 0 radical (unpaired) electrons. The summed E-state index contributed by atoms with van der Waals surface area (Å²) in [4.78, 5) is 25.0. The molecule has 3 rings (SSSR count). The van der Waals surface area contributed by atoms with Crippen LogP contribution in [0.15, 0.2) is 34.2 Å². The molecular weight excluding hydrogens is 352 g/mol. The molecule has 1 aliphatic carbocycles. The van der Waals surface area contributed by atoms with Gasteiger partial charge in [0.05, 0.1) is 5.39 Å². The Bertz CT molecular complexity index is 887. The van der Waals surface area contributed by atoms with Crippen molar-refractivity contribution in [1.82, 2.24) is 15.2 Å². The van der Waals surface area contributed by atoms with Crippen LogP contribution in [0.2, 0.25) is 0 Å². The van der Waals surface area contributed by atoms with Crippen LogP contribution < -0.4 is 11.0 Å². The molecule has 0 atom stereocenters. The van der Waals surface area contributed by atoms with Gasteiger partial charge in [0.25, 0.3) is 11.5 Å². The van der Waals surface area contributed by atoms with Crippen LogP contribution in [0, 0.1) is 0 Å². The highest BCUT2D eigenvalue weighted by molar-refractivity contribution is 6.05. The molecule has 6 nitrogen and oxygen atoms in total. The summed E-state index contributed by atoms with van der Waals surface area (Å²) in [6.45, 7) is 0. The van der Waals surface area contributed by atoms with E-state index in [4.69, 9.17) is 0 Å². The van der Waals surface area contributed by atoms with Crippen molar-refractivity contribution >= 4 is 22.4 Å². The summed E-state index contributed by atoms with van der Waals surface area (Å²) in [7, 11) is 1.56. The summed E-state index contributed by atoms with van der Waals surface area (Å²) < 4.78 is 1.21. The van der Waals surface area contributed by atoms with Crippen LogP contribution in [0.1, 0.15) is 81.1 Å². The van der Waals surface area contributed by atoms with Gasteiger partial charge in [-0.25, -0.2) is 10.1 Å². The first kappa shape index (κ1) is 20.2. The average Bonchev–Trinajstić information content (AvgIpc) is 2.70. The standard InChI is InChI=1S/C22H30N4O2/c1-26-22(28)19-16-12-11-15-18(19)20(25-26)21(27)24-23-17-13-9-7-5-3-2-4-6-8-10-14-17/h11-12,15-16H,2-10,13-14H2,1H3,(H,24,27). The molecule has 1 N–H and O–H groups in total. The molecule has 0 bridgehead atoms. The van der Waals surface area contributed by atoms with Crippen LogP contribution in [-0.2, 0) is 7.05 Å². The highest BCUT2D eigenvalue weighted by Gasteiger charge is 2.15. The van der Waals surface area contributed by atoms with E-state index >= 15 is 0 Å². The predicted octanol–water partition coefficient (Wildman–Crippen LogP) is 4.32. The molecule has 1 fully saturated rings. The minimum atomic E-state index is -0.370. The minimum absolute atomic E-state index is 0.210. The zero-order chi connectivity index (χ0) is 19.8. The van der Waals surface area contributed by atoms with E-state index in [1.165, 1.54) is 49.6 Å². The second-order valence-electron chi connectivity index (χ2n) is 7.62. The van der Waals surface area contributed by atoms with Crippen molar-refractivity contribution in [2.24, 2.45) is 12.1 Å². The van der Waals surface area contributed by atoms with Gasteiger partial charge in [-0.05, 0) is 31.7 Å². The lowest BCUT2D eigenvalue weighted by molar-refractivity contribution is 0.0949. The van der Waals surface area contributed by atoms with Crippen molar-refractivity contribution in [1.29, 1.82) is 0 Å². The molecule has 28 heavy (non-hydrogen) atoms. The number of benzene rings is 1. The molecular formula is C22H30N4O2. The Hall–Kier alpha value is -2.50. The van der Waals surface area contributed by atoms with Crippen LogP contribution in [0.5, 0.6) is 0 Å². The number of aryl methyl sites for hydroxylation is 1. The van der Waals surface area contributed by atoms with Gasteiger partial charge in [-0.1, -0.05) is 63.1 Å². The zero-order valence-electron chi connectivity index (χ0n) is 16.7. The molecule has 0 unspecified atom stereocenters. The van der Waals surface area contributed by atoms with Crippen LogP contribution in [-0.4, -0.2) is 21.4 Å². The maximum Gasteiger partial charge on any atom is 0.292 e. The summed E-state index contributed by atoms with van der Waals surface area (Å²) in [5.41, 5.74) is 3.77. The Labute approximate surface area is 166 Å². The molecule has 6 heteroatoms. The number of rotatable bonds is 2. The largest absolute Gasteiger partial charge is 0.292 e. The molecule has 0 aliphatic heterocycles. The number of amides is 1. The quantitative estimate of drug-likeness (QED) is 0.786. The number of aromatic nitrogens is 2. The normalized spacial score (nSPS) is 16.8. The first-order chi connectivity index (χ1) is 13.7. The van der Waals surface area contributed by atoms with Crippen LogP contribution in [0.4, 0.5) is 0 Å². The summed E-state index contributed by atoms with van der Waals surface area (Å²) >= 11 is 0. The maximum atomic E-state index is 12.7. The number of hydrogen-bond acceptors (Lipinski definition) is 4. The molecule has 1 saturated carbocycles. The number of hydrogen-bond donors (Lipinski definition) is 1. The summed E-state index contributed by atoms with van der Waals surface area (Å²) in [6, 6.07) is 7.06. The maximum absolute atomic E-state index is 12.7. The Morgan fingerprint density at radius 3 is 2.07 bits per heavy atom. The smallest absolute Gasteiger partial charge is 0.267 e. The van der Waals surface area contributed by atoms with E-state index < -0.39 is 0 Å². The zero-order valence-corrected chi connectivity index (χ0v) is 16.7. The van der Waals surface area contributed by atoms with Gasteiger partial charge in [0.2, 0.25) is 0 Å². The fourth-order valence-corrected chi connectivity index (χ4v) is 3.78. The number of nitrogens with zero attached hydrogens (tertiary/aromatic N) is 3. The van der Waals surface area contributed by atoms with E-state index in [-0.39, 0.29) is 17.2 Å². The fraction of sp³-hybridized carbons (Fsp3) is 0.545. The fourth-order valence-electron chi connectivity index (χ4n) is 3.78. The monoisotopic (exact) mass is 382 g/mol. The van der Waals surface area contributed by atoms with Crippen molar-refractivity contribution in [2.45, 2.75) is 70.6 Å². The summed E-state index contributed by atoms with van der Waals surface area (Å²) in [5, 5.41) is 9.65. The highest BCUT2D eigenvalue weighted by atomic mass is 16.2. The summed E-state index contributed by atoms with van der Waals surface area (Å²) in [5.74, 6) is -0.370. The Morgan fingerprint density at radius 2 is 1.46 bits per heavy atom. The van der Waals surface area contributed by atoms with Crippen LogP contribution in [0.25, 0.3) is 10.8 Å². The third-order valence-electron chi connectivity index (χ3n) is 5.42. The lowest BCUT2D eigenvalue weighted by Crippen LogP contribution is -2.27. The van der Waals surface area contributed by atoms with E-state index in [9.17, 15) is 9.59 Å². The predicted molar refractivity (Wildman–Crippen MR) is 113 cm³/mol. The molecule has 150 valence electrons. The molecule has 1 amide bonds. The van der Waals surface area contributed by atoms with Gasteiger partial charge in [0, 0.05) is 18.1 Å². The first-order valence-electron chi connectivity index (χ1n) is 10.5. The van der Waals surface area contributed by atoms with Crippen molar-refractivity contribution in [3.05, 3.63) is 40.3 Å². The molecule has 1 aromatic carbocycles. The second-order valence-corrected chi connectivity index (χ2v) is 7.62. The lowest BCUT2D eigenvalue weighted by atomic mass is 10.00. The lowest BCUT2D eigenvalue weighted by Gasteiger charge is -2.10. The summed E-state index contributed by atoms with van der Waals surface area (Å²) in [6.07, 6.45) is 13.1. The second kappa shape index (κ2) is 10.2. The Kier molecular flexibility index (Phi) is 7.34. The number of carbonyl (C=O) groups is 1. The molecule has 2 aromatic rings. The van der Waals surface area contributed by atoms with Gasteiger partial charge in [-0.3, -0.25) is 9.59 Å². The van der Waals surface area contributed by atoms with Gasteiger partial charge < -0.3 is 0 Å². The van der Waals surface area contributed by atoms with Crippen molar-refractivity contribution in [3.8, 4) is 0 Å². The van der Waals surface area contributed by atoms with E-state index in [2.05, 4.69) is 15.6 Å². The van der Waals surface area contributed by atoms with Gasteiger partial charge in [0.1, 0.15) is 0 Å². The molecule has 0 saturated heterocycles. The van der Waals surface area contributed by atoms with Crippen molar-refractivity contribution < 1.29 is 4.79 Å². The molecule has 1 heterocycles. The molecule has 1 aromatic heterocycles. The van der Waals surface area contributed by atoms with Crippen molar-refractivity contribution in [3.63, 3.8) is 0 Å². The van der Waals surface area contributed by atoms with Crippen molar-refractivity contribution in [2.75, 3.05) is 0 Å². The van der Waals surface area contributed by atoms with Gasteiger partial charge >= 0.3 is 0 Å². The molecule has 1 aliphatic rings. The third-order valence-corrected chi connectivity index (χ3v) is 5.42. The number of carbonyl (C=O) groups excluding carboxylic acids is 1. The Morgan fingerprint density at radius 1 is 0.929 bits per heavy atom.